The molecule has 1 fully saturated rings. The lowest BCUT2D eigenvalue weighted by atomic mass is 10.1. The first-order valence-electron chi connectivity index (χ1n) is 12.3. The predicted octanol–water partition coefficient (Wildman–Crippen LogP) is 2.63. The maximum Gasteiger partial charge on any atom is 0.254 e. The molecule has 35 heavy (non-hydrogen) atoms. The number of amides is 2. The third-order valence-electron chi connectivity index (χ3n) is 6.77. The third kappa shape index (κ3) is 5.85. The molecule has 4 rings (SSSR count). The van der Waals surface area contributed by atoms with Crippen molar-refractivity contribution in [3.63, 3.8) is 0 Å². The number of fused-ring (bicyclic) bond motifs is 1. The lowest BCUT2D eigenvalue weighted by molar-refractivity contribution is -0.130. The quantitative estimate of drug-likeness (QED) is 0.640. The van der Waals surface area contributed by atoms with E-state index in [1.54, 1.807) is 11.6 Å². The van der Waals surface area contributed by atoms with Crippen LogP contribution in [0.25, 0.3) is 0 Å². The van der Waals surface area contributed by atoms with E-state index in [4.69, 9.17) is 4.74 Å². The van der Waals surface area contributed by atoms with Crippen LogP contribution in [0.2, 0.25) is 0 Å². The molecule has 2 amide bonds. The zero-order chi connectivity index (χ0) is 24.9. The largest absolute Gasteiger partial charge is 0.493 e. The van der Waals surface area contributed by atoms with Crippen LogP contribution >= 0.6 is 0 Å². The van der Waals surface area contributed by atoms with Crippen molar-refractivity contribution in [2.75, 3.05) is 51.2 Å². The number of rotatable bonds is 6. The highest BCUT2D eigenvalue weighted by Gasteiger charge is 2.25. The fraction of sp³-hybridized carbons (Fsp3) is 0.500. The number of aromatic nitrogens is 2. The monoisotopic (exact) mass is 480 g/mol. The Balaban J connectivity index is 1.31. The van der Waals surface area contributed by atoms with Gasteiger partial charge < -0.3 is 19.9 Å². The molecule has 0 radical (unpaired) electrons. The number of nitrogens with one attached hydrogen (secondary N) is 1. The number of benzene rings is 1. The second-order valence-electron chi connectivity index (χ2n) is 9.27. The Labute approximate surface area is 207 Å². The van der Waals surface area contributed by atoms with Gasteiger partial charge in [0, 0.05) is 63.5 Å². The number of piperazine rings is 1. The Kier molecular flexibility index (Phi) is 7.75. The van der Waals surface area contributed by atoms with Crippen LogP contribution in [-0.4, -0.2) is 82.2 Å². The van der Waals surface area contributed by atoms with Gasteiger partial charge in [0.2, 0.25) is 5.91 Å². The Hall–Kier alpha value is -3.33. The first kappa shape index (κ1) is 24.8. The van der Waals surface area contributed by atoms with Crippen molar-refractivity contribution in [2.24, 2.45) is 7.05 Å². The van der Waals surface area contributed by atoms with Crippen molar-refractivity contribution < 1.29 is 14.3 Å². The number of hydrogen-bond acceptors (Lipinski definition) is 6. The molecule has 1 aromatic heterocycles. The SMILES string of the molecule is C/C=C1\CN(C(=O)c2ccc(OCCCN3CCN(C(C)=O)CC3)c(C)c2)Cc2cnn(C)c2N1. The number of allylic oxidation sites excluding steroid dienone is 1. The second kappa shape index (κ2) is 10.9. The van der Waals surface area contributed by atoms with Gasteiger partial charge in [-0.1, -0.05) is 6.08 Å². The van der Waals surface area contributed by atoms with Gasteiger partial charge in [0.25, 0.3) is 5.91 Å². The summed E-state index contributed by atoms with van der Waals surface area (Å²) < 4.78 is 7.83. The molecule has 1 saturated heterocycles. The van der Waals surface area contributed by atoms with Crippen LogP contribution in [0.5, 0.6) is 5.75 Å². The van der Waals surface area contributed by atoms with Crippen molar-refractivity contribution >= 4 is 17.6 Å². The molecule has 1 aromatic carbocycles. The highest BCUT2D eigenvalue weighted by atomic mass is 16.5. The van der Waals surface area contributed by atoms with E-state index >= 15 is 0 Å². The first-order valence-corrected chi connectivity index (χ1v) is 12.3. The molecule has 1 N–H and O–H groups in total. The van der Waals surface area contributed by atoms with Crippen LogP contribution in [-0.2, 0) is 18.4 Å². The van der Waals surface area contributed by atoms with Crippen molar-refractivity contribution in [2.45, 2.75) is 33.7 Å². The summed E-state index contributed by atoms with van der Waals surface area (Å²) in [7, 11) is 1.90. The number of hydrogen-bond donors (Lipinski definition) is 1. The summed E-state index contributed by atoms with van der Waals surface area (Å²) in [5, 5.41) is 7.73. The summed E-state index contributed by atoms with van der Waals surface area (Å²) in [6, 6.07) is 5.66. The van der Waals surface area contributed by atoms with Gasteiger partial charge in [0.1, 0.15) is 11.6 Å². The van der Waals surface area contributed by atoms with E-state index in [9.17, 15) is 9.59 Å². The van der Waals surface area contributed by atoms with Gasteiger partial charge in [0.05, 0.1) is 25.9 Å². The minimum atomic E-state index is -0.0118. The van der Waals surface area contributed by atoms with Gasteiger partial charge in [-0.15, -0.1) is 0 Å². The number of anilines is 1. The fourth-order valence-corrected chi connectivity index (χ4v) is 4.61. The summed E-state index contributed by atoms with van der Waals surface area (Å²) in [5.74, 6) is 1.88. The second-order valence-corrected chi connectivity index (χ2v) is 9.27. The highest BCUT2D eigenvalue weighted by Crippen LogP contribution is 2.26. The molecule has 2 aliphatic heterocycles. The van der Waals surface area contributed by atoms with Gasteiger partial charge in [-0.3, -0.25) is 19.2 Å². The van der Waals surface area contributed by atoms with Crippen LogP contribution < -0.4 is 10.1 Å². The van der Waals surface area contributed by atoms with Gasteiger partial charge in [0.15, 0.2) is 0 Å². The fourth-order valence-electron chi connectivity index (χ4n) is 4.61. The molecule has 0 saturated carbocycles. The summed E-state index contributed by atoms with van der Waals surface area (Å²) in [4.78, 5) is 30.9. The third-order valence-corrected chi connectivity index (χ3v) is 6.77. The summed E-state index contributed by atoms with van der Waals surface area (Å²) in [5.41, 5.74) is 3.57. The summed E-state index contributed by atoms with van der Waals surface area (Å²) in [6.45, 7) is 11.6. The van der Waals surface area contributed by atoms with Crippen molar-refractivity contribution in [3.8, 4) is 5.75 Å². The maximum atomic E-state index is 13.4. The average molecular weight is 481 g/mol. The molecule has 188 valence electrons. The van der Waals surface area contributed by atoms with E-state index in [1.807, 2.05) is 61.2 Å². The minimum Gasteiger partial charge on any atom is -0.493 e. The number of nitrogens with zero attached hydrogens (tertiary/aromatic N) is 5. The smallest absolute Gasteiger partial charge is 0.254 e. The summed E-state index contributed by atoms with van der Waals surface area (Å²) in [6.07, 6.45) is 4.72. The van der Waals surface area contributed by atoms with Crippen LogP contribution in [0.4, 0.5) is 5.82 Å². The predicted molar refractivity (Wildman–Crippen MR) is 135 cm³/mol. The Bertz CT molecular complexity index is 1100. The lowest BCUT2D eigenvalue weighted by Gasteiger charge is -2.34. The van der Waals surface area contributed by atoms with E-state index in [0.29, 0.717) is 25.3 Å². The Morgan fingerprint density at radius 2 is 1.91 bits per heavy atom. The highest BCUT2D eigenvalue weighted by molar-refractivity contribution is 5.95. The molecule has 0 aliphatic carbocycles. The zero-order valence-corrected chi connectivity index (χ0v) is 21.2. The molecule has 9 nitrogen and oxygen atoms in total. The molecule has 0 spiro atoms. The van der Waals surface area contributed by atoms with E-state index in [2.05, 4.69) is 15.3 Å². The van der Waals surface area contributed by atoms with Gasteiger partial charge in [-0.25, -0.2) is 0 Å². The normalized spacial score (nSPS) is 17.7. The minimum absolute atomic E-state index is 0.0118. The molecule has 2 aliphatic rings. The Morgan fingerprint density at radius 1 is 1.14 bits per heavy atom. The van der Waals surface area contributed by atoms with Gasteiger partial charge in [-0.2, -0.15) is 5.10 Å². The number of ether oxygens (including phenoxy) is 1. The maximum absolute atomic E-state index is 13.4. The molecular formula is C26H36N6O3. The number of aryl methyl sites for hydroxylation is 2. The van der Waals surface area contributed by atoms with E-state index in [1.165, 1.54) is 0 Å². The zero-order valence-electron chi connectivity index (χ0n) is 21.2. The molecular weight excluding hydrogens is 444 g/mol. The van der Waals surface area contributed by atoms with Crippen LogP contribution in [0.1, 0.15) is 41.8 Å². The number of carbonyl (C=O) groups excluding carboxylic acids is 2. The molecule has 0 unspecified atom stereocenters. The molecule has 0 atom stereocenters. The number of carbonyl (C=O) groups is 2. The van der Waals surface area contributed by atoms with Crippen LogP contribution in [0, 0.1) is 6.92 Å². The van der Waals surface area contributed by atoms with E-state index in [0.717, 1.165) is 67.5 Å². The molecule has 2 aromatic rings. The van der Waals surface area contributed by atoms with Crippen LogP contribution in [0.3, 0.4) is 0 Å². The topological polar surface area (TPSA) is 82.9 Å². The van der Waals surface area contributed by atoms with E-state index in [-0.39, 0.29) is 11.8 Å². The van der Waals surface area contributed by atoms with Crippen molar-refractivity contribution in [1.29, 1.82) is 0 Å². The molecule has 3 heterocycles. The van der Waals surface area contributed by atoms with Crippen LogP contribution in [0.15, 0.2) is 36.2 Å². The van der Waals surface area contributed by atoms with E-state index < -0.39 is 0 Å². The lowest BCUT2D eigenvalue weighted by Crippen LogP contribution is -2.48. The van der Waals surface area contributed by atoms with Gasteiger partial charge >= 0.3 is 0 Å². The molecule has 9 heteroatoms. The van der Waals surface area contributed by atoms with Crippen molar-refractivity contribution in [3.05, 3.63) is 52.9 Å². The molecule has 0 bridgehead atoms. The Morgan fingerprint density at radius 3 is 2.60 bits per heavy atom. The van der Waals surface area contributed by atoms with Crippen molar-refractivity contribution in [1.82, 2.24) is 24.5 Å². The first-order chi connectivity index (χ1) is 16.9. The standard InChI is InChI=1S/C26H36N6O3/c1-5-23-18-32(17-22-16-27-29(4)25(22)28-23)26(34)21-7-8-24(19(2)15-21)35-14-6-9-30-10-12-31(13-11-30)20(3)33/h5,7-8,15-16,28H,6,9-14,17-18H2,1-4H3/b23-5+. The average Bonchev–Trinajstić information content (AvgIpc) is 3.08. The summed E-state index contributed by atoms with van der Waals surface area (Å²) >= 11 is 0. The van der Waals surface area contributed by atoms with Gasteiger partial charge in [-0.05, 0) is 44.0 Å².